The van der Waals surface area contributed by atoms with Gasteiger partial charge in [0.1, 0.15) is 10.7 Å². The van der Waals surface area contributed by atoms with Crippen molar-refractivity contribution < 1.29 is 9.59 Å². The highest BCUT2D eigenvalue weighted by molar-refractivity contribution is 8.18. The number of fused-ring (bicyclic) bond motifs is 1. The second-order valence-electron chi connectivity index (χ2n) is 5.76. The van der Waals surface area contributed by atoms with Crippen LogP contribution in [0.25, 0.3) is 16.3 Å². The van der Waals surface area contributed by atoms with Gasteiger partial charge in [0.2, 0.25) is 0 Å². The number of rotatable bonds is 3. The molecule has 0 radical (unpaired) electrons. The number of H-pyrrole nitrogens is 1. The second kappa shape index (κ2) is 6.49. The van der Waals surface area contributed by atoms with E-state index in [1.165, 1.54) is 22.7 Å². The average Bonchev–Trinajstić information content (AvgIpc) is 3.25. The smallest absolute Gasteiger partial charge is 0.293 e. The molecule has 0 bridgehead atoms. The van der Waals surface area contributed by atoms with Crippen LogP contribution in [0.4, 0.5) is 4.79 Å². The summed E-state index contributed by atoms with van der Waals surface area (Å²) in [6, 6.07) is 3.77. The molecule has 1 aliphatic heterocycles. The van der Waals surface area contributed by atoms with E-state index in [4.69, 9.17) is 0 Å². The molecular formula is C17H13N3O3S3. The third kappa shape index (κ3) is 2.91. The minimum atomic E-state index is -0.366. The van der Waals surface area contributed by atoms with Crippen molar-refractivity contribution in [2.75, 3.05) is 0 Å². The molecule has 26 heavy (non-hydrogen) atoms. The van der Waals surface area contributed by atoms with Gasteiger partial charge in [0.15, 0.2) is 0 Å². The molecule has 1 saturated heterocycles. The SMILES string of the molecule is Cc1sc2nc(CN3C(=O)S/C(=C\c4cccs4)C3=O)[nH]c(=O)c2c1C. The Morgan fingerprint density at radius 2 is 2.08 bits per heavy atom. The highest BCUT2D eigenvalue weighted by Gasteiger charge is 2.35. The fourth-order valence-electron chi connectivity index (χ4n) is 2.66. The Balaban J connectivity index is 1.65. The number of amides is 2. The molecule has 132 valence electrons. The number of aromatic nitrogens is 2. The number of imide groups is 1. The lowest BCUT2D eigenvalue weighted by Crippen LogP contribution is -2.29. The molecule has 0 aliphatic carbocycles. The van der Waals surface area contributed by atoms with Crippen LogP contribution < -0.4 is 5.56 Å². The topological polar surface area (TPSA) is 83.1 Å². The predicted octanol–water partition coefficient (Wildman–Crippen LogP) is 3.90. The number of thioether (sulfide) groups is 1. The van der Waals surface area contributed by atoms with Crippen LogP contribution in [0.15, 0.2) is 27.2 Å². The number of nitrogens with zero attached hydrogens (tertiary/aromatic N) is 2. The zero-order valence-electron chi connectivity index (χ0n) is 13.9. The Morgan fingerprint density at radius 1 is 1.27 bits per heavy atom. The average molecular weight is 404 g/mol. The summed E-state index contributed by atoms with van der Waals surface area (Å²) in [5, 5.41) is 2.12. The third-order valence-corrected chi connectivity index (χ3v) is 6.91. The molecule has 1 fully saturated rings. The van der Waals surface area contributed by atoms with E-state index in [0.29, 0.717) is 20.9 Å². The Hall–Kier alpha value is -2.23. The van der Waals surface area contributed by atoms with Gasteiger partial charge in [-0.3, -0.25) is 19.3 Å². The van der Waals surface area contributed by atoms with Gasteiger partial charge in [-0.2, -0.15) is 0 Å². The van der Waals surface area contributed by atoms with E-state index < -0.39 is 0 Å². The van der Waals surface area contributed by atoms with E-state index in [1.54, 1.807) is 6.08 Å². The predicted molar refractivity (Wildman–Crippen MR) is 106 cm³/mol. The van der Waals surface area contributed by atoms with Gasteiger partial charge in [-0.25, -0.2) is 4.98 Å². The first-order chi connectivity index (χ1) is 12.4. The maximum atomic E-state index is 12.6. The van der Waals surface area contributed by atoms with Gasteiger partial charge in [-0.1, -0.05) is 6.07 Å². The highest BCUT2D eigenvalue weighted by Crippen LogP contribution is 2.34. The van der Waals surface area contributed by atoms with E-state index in [9.17, 15) is 14.4 Å². The van der Waals surface area contributed by atoms with Crippen molar-refractivity contribution in [2.24, 2.45) is 0 Å². The molecule has 4 rings (SSSR count). The van der Waals surface area contributed by atoms with Crippen LogP contribution in [-0.2, 0) is 11.3 Å². The Kier molecular flexibility index (Phi) is 4.29. The van der Waals surface area contributed by atoms with Crippen LogP contribution in [0.2, 0.25) is 0 Å². The number of aromatic amines is 1. The van der Waals surface area contributed by atoms with Gasteiger partial charge in [0, 0.05) is 9.75 Å². The van der Waals surface area contributed by atoms with Gasteiger partial charge in [0.25, 0.3) is 16.7 Å². The monoisotopic (exact) mass is 403 g/mol. The number of carbonyl (C=O) groups excluding carboxylic acids is 2. The first-order valence-electron chi connectivity index (χ1n) is 7.72. The number of hydrogen-bond donors (Lipinski definition) is 1. The molecule has 3 aromatic rings. The maximum Gasteiger partial charge on any atom is 0.293 e. The fourth-order valence-corrected chi connectivity index (χ4v) is 5.27. The van der Waals surface area contributed by atoms with Gasteiger partial charge in [-0.05, 0) is 48.7 Å². The molecule has 3 aromatic heterocycles. The normalized spacial score (nSPS) is 16.4. The van der Waals surface area contributed by atoms with Crippen LogP contribution in [0.3, 0.4) is 0 Å². The Morgan fingerprint density at radius 3 is 2.81 bits per heavy atom. The highest BCUT2D eigenvalue weighted by atomic mass is 32.2. The van der Waals surface area contributed by atoms with E-state index in [1.807, 2.05) is 31.4 Å². The van der Waals surface area contributed by atoms with Crippen LogP contribution in [0, 0.1) is 13.8 Å². The summed E-state index contributed by atoms with van der Waals surface area (Å²) >= 11 is 3.83. The fraction of sp³-hybridized carbons (Fsp3) is 0.176. The lowest BCUT2D eigenvalue weighted by molar-refractivity contribution is -0.123. The van der Waals surface area contributed by atoms with Crippen LogP contribution >= 0.6 is 34.4 Å². The van der Waals surface area contributed by atoms with Gasteiger partial charge < -0.3 is 4.98 Å². The summed E-state index contributed by atoms with van der Waals surface area (Å²) < 4.78 is 0. The molecular weight excluding hydrogens is 390 g/mol. The number of hydrogen-bond acceptors (Lipinski definition) is 7. The summed E-state index contributed by atoms with van der Waals surface area (Å²) in [7, 11) is 0. The van der Waals surface area contributed by atoms with Crippen molar-refractivity contribution in [1.82, 2.24) is 14.9 Å². The zero-order valence-corrected chi connectivity index (χ0v) is 16.3. The van der Waals surface area contributed by atoms with Gasteiger partial charge in [-0.15, -0.1) is 22.7 Å². The third-order valence-electron chi connectivity index (χ3n) is 4.09. The molecule has 0 atom stereocenters. The molecule has 2 amide bonds. The lowest BCUT2D eigenvalue weighted by atomic mass is 10.2. The summed E-state index contributed by atoms with van der Waals surface area (Å²) in [5.74, 6) is -0.0573. The van der Waals surface area contributed by atoms with Crippen LogP contribution in [0.5, 0.6) is 0 Å². The van der Waals surface area contributed by atoms with Crippen molar-refractivity contribution in [3.63, 3.8) is 0 Å². The van der Waals surface area contributed by atoms with E-state index in [2.05, 4.69) is 9.97 Å². The zero-order chi connectivity index (χ0) is 18.4. The standard InChI is InChI=1S/C17H13N3O3S3/c1-8-9(2)25-15-13(8)14(21)18-12(19-15)7-20-16(22)11(26-17(20)23)6-10-4-3-5-24-10/h3-6H,7H2,1-2H3,(H,18,19,21)/b11-6-. The molecule has 6 nitrogen and oxygen atoms in total. The number of aryl methyl sites for hydroxylation is 2. The molecule has 0 unspecified atom stereocenters. The van der Waals surface area contributed by atoms with Gasteiger partial charge >= 0.3 is 0 Å². The molecule has 0 aromatic carbocycles. The Labute approximate surface area is 160 Å². The van der Waals surface area contributed by atoms with E-state index >= 15 is 0 Å². The number of carbonyl (C=O) groups is 2. The van der Waals surface area contributed by atoms with Gasteiger partial charge in [0.05, 0.1) is 16.8 Å². The number of thiophene rings is 2. The second-order valence-corrected chi connectivity index (χ2v) is 8.93. The quantitative estimate of drug-likeness (QED) is 0.671. The van der Waals surface area contributed by atoms with Crippen LogP contribution in [0.1, 0.15) is 21.1 Å². The van der Waals surface area contributed by atoms with Crippen LogP contribution in [-0.4, -0.2) is 26.0 Å². The summed E-state index contributed by atoms with van der Waals surface area (Å²) in [6.45, 7) is 3.77. The first kappa shape index (κ1) is 17.2. The minimum absolute atomic E-state index is 0.0480. The number of nitrogens with one attached hydrogen (secondary N) is 1. The van der Waals surface area contributed by atoms with E-state index in [-0.39, 0.29) is 23.3 Å². The molecule has 0 saturated carbocycles. The molecule has 0 spiro atoms. The van der Waals surface area contributed by atoms with Crippen molar-refractivity contribution in [3.8, 4) is 0 Å². The summed E-state index contributed by atoms with van der Waals surface area (Å²) in [4.78, 5) is 48.4. The van der Waals surface area contributed by atoms with Crippen molar-refractivity contribution in [2.45, 2.75) is 20.4 Å². The maximum absolute atomic E-state index is 12.6. The summed E-state index contributed by atoms with van der Waals surface area (Å²) in [5.41, 5.74) is 0.670. The van der Waals surface area contributed by atoms with Crippen molar-refractivity contribution in [1.29, 1.82) is 0 Å². The molecule has 9 heteroatoms. The Bertz CT molecular complexity index is 1130. The molecule has 1 N–H and O–H groups in total. The lowest BCUT2D eigenvalue weighted by Gasteiger charge is -2.11. The first-order valence-corrected chi connectivity index (χ1v) is 10.2. The van der Waals surface area contributed by atoms with E-state index in [0.717, 1.165) is 32.0 Å². The van der Waals surface area contributed by atoms with Crippen molar-refractivity contribution >= 4 is 61.9 Å². The largest absolute Gasteiger partial charge is 0.308 e. The summed E-state index contributed by atoms with van der Waals surface area (Å²) in [6.07, 6.45) is 1.71. The minimum Gasteiger partial charge on any atom is -0.308 e. The van der Waals surface area contributed by atoms with Crippen molar-refractivity contribution in [3.05, 3.63) is 53.9 Å². The molecule has 4 heterocycles. The molecule has 1 aliphatic rings.